The average Bonchev–Trinajstić information content (AvgIpc) is 3.38. The van der Waals surface area contributed by atoms with E-state index in [4.69, 9.17) is 9.47 Å². The smallest absolute Gasteiger partial charge is 0.184 e. The summed E-state index contributed by atoms with van der Waals surface area (Å²) < 4.78 is 11.9. The fourth-order valence-corrected chi connectivity index (χ4v) is 6.07. The number of rotatable bonds is 2. The number of aryl methyl sites for hydroxylation is 3. The van der Waals surface area contributed by atoms with E-state index in [1.165, 1.54) is 50.1 Å². The van der Waals surface area contributed by atoms with Crippen LogP contribution in [0.15, 0.2) is 66.7 Å². The molecule has 0 saturated carbocycles. The number of benzene rings is 4. The summed E-state index contributed by atoms with van der Waals surface area (Å²) in [6, 6.07) is 24.4. The van der Waals surface area contributed by atoms with Gasteiger partial charge >= 0.3 is 0 Å². The van der Waals surface area contributed by atoms with Crippen LogP contribution in [0.4, 0.5) is 0 Å². The van der Waals surface area contributed by atoms with Crippen molar-refractivity contribution in [3.63, 3.8) is 0 Å². The highest BCUT2D eigenvalue weighted by molar-refractivity contribution is 5.96. The Bertz CT molecular complexity index is 1930. The molecule has 0 fully saturated rings. The van der Waals surface area contributed by atoms with E-state index in [0.717, 1.165) is 11.1 Å². The van der Waals surface area contributed by atoms with Crippen LogP contribution in [0.1, 0.15) is 52.8 Å². The Morgan fingerprint density at radius 2 is 0.875 bits per heavy atom. The summed E-state index contributed by atoms with van der Waals surface area (Å²) in [5, 5.41) is 0. The fraction of sp³-hybridized carbons (Fsp3) is 0.158. The molecular formula is C38H26O2. The van der Waals surface area contributed by atoms with Gasteiger partial charge in [-0.15, -0.1) is 0 Å². The minimum atomic E-state index is -0.508. The van der Waals surface area contributed by atoms with Gasteiger partial charge in [0, 0.05) is 11.8 Å². The molecule has 0 N–H and O–H groups in total. The maximum atomic E-state index is 5.98. The minimum Gasteiger partial charge on any atom is -0.403 e. The highest BCUT2D eigenvalue weighted by Gasteiger charge is 2.52. The predicted molar refractivity (Wildman–Crippen MR) is 161 cm³/mol. The summed E-state index contributed by atoms with van der Waals surface area (Å²) in [5.41, 5.74) is 12.9. The molecule has 0 saturated heterocycles. The monoisotopic (exact) mass is 514 g/mol. The Balaban J connectivity index is 1.72. The van der Waals surface area contributed by atoms with E-state index in [0.29, 0.717) is 11.5 Å². The summed E-state index contributed by atoms with van der Waals surface area (Å²) in [7, 11) is 0. The van der Waals surface area contributed by atoms with Crippen molar-refractivity contribution < 1.29 is 9.47 Å². The third kappa shape index (κ3) is 3.75. The fourth-order valence-electron chi connectivity index (χ4n) is 6.07. The Kier molecular flexibility index (Phi) is 6.13. The van der Waals surface area contributed by atoms with E-state index in [1.54, 1.807) is 13.8 Å². The van der Waals surface area contributed by atoms with E-state index in [-0.39, 0.29) is 0 Å². The summed E-state index contributed by atoms with van der Waals surface area (Å²) in [5.74, 6) is 17.4. The second-order valence-corrected chi connectivity index (χ2v) is 10.1. The summed E-state index contributed by atoms with van der Waals surface area (Å²) in [6.45, 7) is 9.94. The van der Waals surface area contributed by atoms with Gasteiger partial charge in [0.1, 0.15) is 12.2 Å². The first-order chi connectivity index (χ1) is 19.5. The van der Waals surface area contributed by atoms with Crippen LogP contribution >= 0.6 is 0 Å². The van der Waals surface area contributed by atoms with Crippen molar-refractivity contribution in [2.24, 2.45) is 0 Å². The molecule has 4 aromatic carbocycles. The van der Waals surface area contributed by atoms with Crippen LogP contribution in [0.25, 0.3) is 22.3 Å². The molecule has 4 aromatic rings. The number of hydrogen-bond donors (Lipinski definition) is 0. The Hall–Kier alpha value is -5.28. The Labute approximate surface area is 236 Å². The van der Waals surface area contributed by atoms with Gasteiger partial charge in [-0.2, -0.15) is 0 Å². The van der Waals surface area contributed by atoms with Gasteiger partial charge < -0.3 is 9.47 Å². The molecule has 0 bridgehead atoms. The molecule has 2 nitrogen and oxygen atoms in total. The maximum Gasteiger partial charge on any atom is 0.184 e. The lowest BCUT2D eigenvalue weighted by Gasteiger charge is -2.31. The molecule has 190 valence electrons. The van der Waals surface area contributed by atoms with Gasteiger partial charge in [0.05, 0.1) is 5.41 Å². The molecule has 0 radical (unpaired) electrons. The van der Waals surface area contributed by atoms with Crippen LogP contribution in [0.5, 0.6) is 11.5 Å². The first-order valence-electron chi connectivity index (χ1n) is 13.2. The first kappa shape index (κ1) is 25.0. The molecule has 0 heterocycles. The van der Waals surface area contributed by atoms with Crippen LogP contribution in [-0.4, -0.2) is 0 Å². The molecule has 0 amide bonds. The lowest BCUT2D eigenvalue weighted by atomic mass is 9.70. The van der Waals surface area contributed by atoms with Crippen molar-refractivity contribution in [3.05, 3.63) is 106 Å². The van der Waals surface area contributed by atoms with Gasteiger partial charge in [0.25, 0.3) is 0 Å². The van der Waals surface area contributed by atoms with Gasteiger partial charge in [-0.25, -0.2) is 0 Å². The van der Waals surface area contributed by atoms with Crippen LogP contribution in [0.2, 0.25) is 0 Å². The summed E-state index contributed by atoms with van der Waals surface area (Å²) in [4.78, 5) is 0. The molecule has 0 atom stereocenters. The average molecular weight is 515 g/mol. The molecule has 0 aromatic heterocycles. The highest BCUT2D eigenvalue weighted by Crippen LogP contribution is 2.64. The summed E-state index contributed by atoms with van der Waals surface area (Å²) >= 11 is 0. The SMILES string of the molecule is CC#CC#COc1cc2c(cc1OC#CC#CC)C1(c3cc(C)ccc3-c3ccc(C)cc31)c1cc(C)ccc1-2. The van der Waals surface area contributed by atoms with E-state index < -0.39 is 5.41 Å². The number of fused-ring (bicyclic) bond motifs is 10. The van der Waals surface area contributed by atoms with Gasteiger partial charge in [0.2, 0.25) is 0 Å². The zero-order valence-corrected chi connectivity index (χ0v) is 23.2. The van der Waals surface area contributed by atoms with Gasteiger partial charge in [-0.05, 0) is 103 Å². The van der Waals surface area contributed by atoms with Crippen LogP contribution in [0.3, 0.4) is 0 Å². The molecule has 2 aliphatic rings. The maximum absolute atomic E-state index is 5.98. The summed E-state index contributed by atoms with van der Waals surface area (Å²) in [6.07, 6.45) is 5.42. The first-order valence-corrected chi connectivity index (χ1v) is 13.2. The van der Waals surface area contributed by atoms with E-state index in [2.05, 4.69) is 129 Å². The van der Waals surface area contributed by atoms with Crippen LogP contribution in [-0.2, 0) is 5.41 Å². The standard InChI is InChI=1S/C38H26O2/c1-6-8-10-18-39-36-23-31-30-17-14-27(5)22-34(30)38(35(31)24-37(36)40-19-11-9-7-2)32-20-25(3)12-15-28(32)29-16-13-26(4)21-33(29)38/h12-17,20-24H,1-5H3. The molecule has 0 unspecified atom stereocenters. The molecule has 2 heteroatoms. The van der Waals surface area contributed by atoms with Crippen LogP contribution in [0, 0.1) is 68.5 Å². The second kappa shape index (κ2) is 9.79. The number of hydrogen-bond acceptors (Lipinski definition) is 2. The third-order valence-corrected chi connectivity index (χ3v) is 7.60. The van der Waals surface area contributed by atoms with Crippen molar-refractivity contribution in [3.8, 4) is 81.5 Å². The molecule has 0 aliphatic heterocycles. The van der Waals surface area contributed by atoms with Gasteiger partial charge in [-0.3, -0.25) is 0 Å². The topological polar surface area (TPSA) is 18.5 Å². The Morgan fingerprint density at radius 1 is 0.475 bits per heavy atom. The largest absolute Gasteiger partial charge is 0.403 e. The van der Waals surface area contributed by atoms with E-state index in [1.807, 2.05) is 6.07 Å². The molecule has 1 spiro atoms. The van der Waals surface area contributed by atoms with Crippen molar-refractivity contribution in [2.75, 3.05) is 0 Å². The zero-order valence-electron chi connectivity index (χ0n) is 23.2. The molecule has 2 aliphatic carbocycles. The van der Waals surface area contributed by atoms with Gasteiger partial charge in [0.15, 0.2) is 11.5 Å². The van der Waals surface area contributed by atoms with E-state index in [9.17, 15) is 0 Å². The quantitative estimate of drug-likeness (QED) is 0.221. The van der Waals surface area contributed by atoms with E-state index >= 15 is 0 Å². The highest BCUT2D eigenvalue weighted by atomic mass is 16.5. The molecular weight excluding hydrogens is 488 g/mol. The van der Waals surface area contributed by atoms with Crippen molar-refractivity contribution in [1.82, 2.24) is 0 Å². The lowest BCUT2D eigenvalue weighted by molar-refractivity contribution is 0.451. The lowest BCUT2D eigenvalue weighted by Crippen LogP contribution is -2.26. The second-order valence-electron chi connectivity index (χ2n) is 10.1. The molecule has 6 rings (SSSR count). The Morgan fingerprint density at radius 3 is 1.32 bits per heavy atom. The van der Waals surface area contributed by atoms with Gasteiger partial charge in [-0.1, -0.05) is 83.1 Å². The zero-order chi connectivity index (χ0) is 27.9. The third-order valence-electron chi connectivity index (χ3n) is 7.60. The predicted octanol–water partition coefficient (Wildman–Crippen LogP) is 7.68. The number of ether oxygens (including phenoxy) is 2. The van der Waals surface area contributed by atoms with Crippen molar-refractivity contribution >= 4 is 0 Å². The molecule has 40 heavy (non-hydrogen) atoms. The minimum absolute atomic E-state index is 0.485. The van der Waals surface area contributed by atoms with Crippen molar-refractivity contribution in [1.29, 1.82) is 0 Å². The van der Waals surface area contributed by atoms with Crippen molar-refractivity contribution in [2.45, 2.75) is 40.0 Å². The normalized spacial score (nSPS) is 12.0. The van der Waals surface area contributed by atoms with Crippen LogP contribution < -0.4 is 9.47 Å².